The molecule has 0 spiro atoms. The third kappa shape index (κ3) is 6.33. The molecule has 0 aromatic heterocycles. The highest BCUT2D eigenvalue weighted by molar-refractivity contribution is 6.33. The summed E-state index contributed by atoms with van der Waals surface area (Å²) in [4.78, 5) is 10.2. The van der Waals surface area contributed by atoms with Crippen molar-refractivity contribution in [2.45, 2.75) is 0 Å². The fourth-order valence-electron chi connectivity index (χ4n) is 1.20. The lowest BCUT2D eigenvalue weighted by Crippen LogP contribution is -2.12. The van der Waals surface area contributed by atoms with Gasteiger partial charge in [-0.25, -0.2) is 0 Å². The van der Waals surface area contributed by atoms with Gasteiger partial charge in [0.05, 0.1) is 10.7 Å². The minimum absolute atomic E-state index is 0.121. The topological polar surface area (TPSA) is 69.6 Å². The van der Waals surface area contributed by atoms with Crippen LogP contribution in [0.2, 0.25) is 5.02 Å². The Morgan fingerprint density at radius 1 is 1.05 bits per heavy atom. The van der Waals surface area contributed by atoms with Crippen molar-refractivity contribution >= 4 is 23.3 Å². The molecule has 0 saturated carbocycles. The van der Waals surface area contributed by atoms with Gasteiger partial charge in [0.1, 0.15) is 12.3 Å². The van der Waals surface area contributed by atoms with Crippen molar-refractivity contribution in [3.63, 3.8) is 0 Å². The molecule has 100 valence electrons. The van der Waals surface area contributed by atoms with Gasteiger partial charge in [0.25, 0.3) is 0 Å². The zero-order valence-electron chi connectivity index (χ0n) is 10.1. The molecule has 0 unspecified atom stereocenters. The molecule has 4 nitrogen and oxygen atoms in total. The Morgan fingerprint density at radius 2 is 1.63 bits per heavy atom. The predicted molar refractivity (Wildman–Crippen MR) is 75.7 cm³/mol. The van der Waals surface area contributed by atoms with Gasteiger partial charge in [-0.1, -0.05) is 41.9 Å². The van der Waals surface area contributed by atoms with Crippen LogP contribution in [0.4, 0.5) is 5.69 Å². The summed E-state index contributed by atoms with van der Waals surface area (Å²) < 4.78 is 0. The van der Waals surface area contributed by atoms with Crippen LogP contribution in [0.25, 0.3) is 0 Å². The average Bonchev–Trinajstić information content (AvgIpc) is 2.39. The highest BCUT2D eigenvalue weighted by atomic mass is 35.5. The summed E-state index contributed by atoms with van der Waals surface area (Å²) in [5, 5.41) is 20.2. The van der Waals surface area contributed by atoms with E-state index in [1.54, 1.807) is 48.5 Å². The fourth-order valence-corrected chi connectivity index (χ4v) is 1.41. The number of carboxylic acids is 1. The van der Waals surface area contributed by atoms with Gasteiger partial charge in [0.2, 0.25) is 0 Å². The summed E-state index contributed by atoms with van der Waals surface area (Å²) in [7, 11) is 0. The Bertz CT molecular complexity index is 517. The second kappa shape index (κ2) is 8.00. The third-order valence-electron chi connectivity index (χ3n) is 2.06. The normalized spacial score (nSPS) is 9.11. The summed E-state index contributed by atoms with van der Waals surface area (Å²) in [6.07, 6.45) is 0. The molecule has 0 aliphatic carbocycles. The van der Waals surface area contributed by atoms with Crippen molar-refractivity contribution in [3.8, 4) is 5.75 Å². The number of nitrogens with one attached hydrogen (secondary N) is 1. The van der Waals surface area contributed by atoms with E-state index >= 15 is 0 Å². The number of hydrogen-bond donors (Lipinski definition) is 3. The van der Waals surface area contributed by atoms with Gasteiger partial charge < -0.3 is 15.5 Å². The molecule has 0 aliphatic heterocycles. The Balaban J connectivity index is 0.000000218. The first kappa shape index (κ1) is 14.9. The number of phenols is 1. The Morgan fingerprint density at radius 3 is 2.11 bits per heavy atom. The molecule has 0 saturated heterocycles. The van der Waals surface area contributed by atoms with E-state index in [9.17, 15) is 4.79 Å². The van der Waals surface area contributed by atoms with Gasteiger partial charge in [0.15, 0.2) is 0 Å². The third-order valence-corrected chi connectivity index (χ3v) is 2.39. The smallest absolute Gasteiger partial charge is 0.322 e. The lowest BCUT2D eigenvalue weighted by molar-refractivity contribution is -0.134. The predicted octanol–water partition coefficient (Wildman–Crippen LogP) is 3.23. The highest BCUT2D eigenvalue weighted by Crippen LogP contribution is 2.19. The van der Waals surface area contributed by atoms with Crippen LogP contribution in [0, 0.1) is 0 Å². The zero-order valence-corrected chi connectivity index (χ0v) is 10.8. The van der Waals surface area contributed by atoms with Crippen LogP contribution in [0.1, 0.15) is 0 Å². The van der Waals surface area contributed by atoms with Crippen LogP contribution in [0.3, 0.4) is 0 Å². The van der Waals surface area contributed by atoms with E-state index in [0.29, 0.717) is 16.5 Å². The summed E-state index contributed by atoms with van der Waals surface area (Å²) in [5.41, 5.74) is 0.640. The number of anilines is 1. The Kier molecular flexibility index (Phi) is 6.26. The molecule has 0 amide bonds. The van der Waals surface area contributed by atoms with Crippen LogP contribution >= 0.6 is 11.6 Å². The Labute approximate surface area is 116 Å². The highest BCUT2D eigenvalue weighted by Gasteiger charge is 1.99. The van der Waals surface area contributed by atoms with Gasteiger partial charge in [-0.05, 0) is 24.3 Å². The van der Waals surface area contributed by atoms with E-state index in [4.69, 9.17) is 21.8 Å². The zero-order chi connectivity index (χ0) is 14.1. The van der Waals surface area contributed by atoms with Crippen LogP contribution in [0.15, 0.2) is 54.6 Å². The van der Waals surface area contributed by atoms with Crippen molar-refractivity contribution < 1.29 is 15.0 Å². The largest absolute Gasteiger partial charge is 0.508 e. The molecule has 3 N–H and O–H groups in total. The second-order valence-corrected chi connectivity index (χ2v) is 3.97. The number of halogens is 1. The summed E-state index contributed by atoms with van der Waals surface area (Å²) in [6.45, 7) is -0.121. The van der Waals surface area contributed by atoms with Gasteiger partial charge in [-0.3, -0.25) is 4.79 Å². The first-order valence-corrected chi connectivity index (χ1v) is 5.91. The molecule has 0 heterocycles. The van der Waals surface area contributed by atoms with Crippen molar-refractivity contribution in [1.29, 1.82) is 0 Å². The molecule has 0 atom stereocenters. The molecule has 0 radical (unpaired) electrons. The maximum Gasteiger partial charge on any atom is 0.322 e. The summed E-state index contributed by atoms with van der Waals surface area (Å²) in [6, 6.07) is 15.7. The number of aromatic hydroxyl groups is 1. The molecular formula is C14H14ClNO3. The molecular weight excluding hydrogens is 266 g/mol. The van der Waals surface area contributed by atoms with Crippen LogP contribution in [-0.2, 0) is 4.79 Å². The number of carboxylic acid groups (broad SMARTS) is 1. The second-order valence-electron chi connectivity index (χ2n) is 3.56. The number of benzene rings is 2. The van der Waals surface area contributed by atoms with Gasteiger partial charge in [-0.15, -0.1) is 0 Å². The van der Waals surface area contributed by atoms with Crippen LogP contribution in [-0.4, -0.2) is 22.7 Å². The van der Waals surface area contributed by atoms with E-state index < -0.39 is 5.97 Å². The molecule has 0 fully saturated rings. The first-order valence-electron chi connectivity index (χ1n) is 5.54. The Hall–Kier alpha value is -2.20. The standard InChI is InChI=1S/C8H8ClNO2.C6H6O/c9-6-3-1-2-4-7(6)10-5-8(11)12;7-6-4-2-1-3-5-6/h1-4,10H,5H2,(H,11,12);1-5,7H. The lowest BCUT2D eigenvalue weighted by Gasteiger charge is -2.03. The molecule has 19 heavy (non-hydrogen) atoms. The number of carbonyl (C=O) groups is 1. The summed E-state index contributed by atoms with van der Waals surface area (Å²) in [5.74, 6) is -0.586. The molecule has 2 rings (SSSR count). The average molecular weight is 280 g/mol. The number of phenolic OH excluding ortho intramolecular Hbond substituents is 1. The van der Waals surface area contributed by atoms with Gasteiger partial charge in [-0.2, -0.15) is 0 Å². The molecule has 2 aromatic rings. The maximum atomic E-state index is 10.2. The number of para-hydroxylation sites is 2. The van der Waals surface area contributed by atoms with Gasteiger partial charge in [0, 0.05) is 0 Å². The first-order chi connectivity index (χ1) is 9.09. The van der Waals surface area contributed by atoms with Crippen molar-refractivity contribution in [3.05, 3.63) is 59.6 Å². The number of aliphatic carboxylic acids is 1. The molecule has 5 heteroatoms. The lowest BCUT2D eigenvalue weighted by atomic mass is 10.3. The molecule has 0 aliphatic rings. The van der Waals surface area contributed by atoms with E-state index in [1.807, 2.05) is 6.07 Å². The van der Waals surface area contributed by atoms with Crippen LogP contribution < -0.4 is 5.32 Å². The van der Waals surface area contributed by atoms with E-state index in [-0.39, 0.29) is 6.54 Å². The molecule has 2 aromatic carbocycles. The monoisotopic (exact) mass is 279 g/mol. The minimum Gasteiger partial charge on any atom is -0.508 e. The van der Waals surface area contributed by atoms with Crippen molar-refractivity contribution in [2.24, 2.45) is 0 Å². The summed E-state index contributed by atoms with van der Waals surface area (Å²) >= 11 is 5.75. The minimum atomic E-state index is -0.907. The number of hydrogen-bond acceptors (Lipinski definition) is 3. The van der Waals surface area contributed by atoms with E-state index in [2.05, 4.69) is 5.32 Å². The quantitative estimate of drug-likeness (QED) is 0.807. The molecule has 0 bridgehead atoms. The fraction of sp³-hybridized carbons (Fsp3) is 0.0714. The maximum absolute atomic E-state index is 10.2. The van der Waals surface area contributed by atoms with Crippen molar-refractivity contribution in [2.75, 3.05) is 11.9 Å². The van der Waals surface area contributed by atoms with Gasteiger partial charge >= 0.3 is 5.97 Å². The van der Waals surface area contributed by atoms with E-state index in [1.165, 1.54) is 0 Å². The SMILES string of the molecule is O=C(O)CNc1ccccc1Cl.Oc1ccccc1. The van der Waals surface area contributed by atoms with E-state index in [0.717, 1.165) is 0 Å². The van der Waals surface area contributed by atoms with Crippen LogP contribution in [0.5, 0.6) is 5.75 Å². The number of rotatable bonds is 3. The van der Waals surface area contributed by atoms with Crippen molar-refractivity contribution in [1.82, 2.24) is 0 Å².